The molecular formula is C14H12FNO4. The summed E-state index contributed by atoms with van der Waals surface area (Å²) in [5.41, 5.74) is 0.194. The van der Waals surface area contributed by atoms with Crippen molar-refractivity contribution >= 4 is 11.6 Å². The molecule has 20 heavy (non-hydrogen) atoms. The molecule has 2 aromatic carbocycles. The van der Waals surface area contributed by atoms with Gasteiger partial charge in [0.25, 0.3) is 5.91 Å². The molecule has 0 aliphatic rings. The number of benzene rings is 2. The highest BCUT2D eigenvalue weighted by Gasteiger charge is 2.13. The predicted molar refractivity (Wildman–Crippen MR) is 70.7 cm³/mol. The molecule has 0 aromatic heterocycles. The lowest BCUT2D eigenvalue weighted by atomic mass is 10.1. The summed E-state index contributed by atoms with van der Waals surface area (Å²) >= 11 is 0. The van der Waals surface area contributed by atoms with Crippen LogP contribution in [-0.2, 0) is 0 Å². The fraction of sp³-hybridized carbons (Fsp3) is 0.0714. The van der Waals surface area contributed by atoms with E-state index < -0.39 is 17.5 Å². The molecule has 0 aliphatic carbocycles. The number of hydrogen-bond donors (Lipinski definition) is 3. The maximum Gasteiger partial charge on any atom is 0.259 e. The summed E-state index contributed by atoms with van der Waals surface area (Å²) < 4.78 is 18.1. The SMILES string of the molecule is COc1ccc(C(=O)Nc2ccc(O)c(F)c2)c(O)c1. The number of amides is 1. The number of anilines is 1. The van der Waals surface area contributed by atoms with Gasteiger partial charge in [-0.3, -0.25) is 4.79 Å². The normalized spacial score (nSPS) is 10.1. The van der Waals surface area contributed by atoms with Gasteiger partial charge in [0.2, 0.25) is 0 Å². The zero-order valence-electron chi connectivity index (χ0n) is 10.6. The highest BCUT2D eigenvalue weighted by Crippen LogP contribution is 2.25. The molecule has 2 aromatic rings. The Hall–Kier alpha value is -2.76. The van der Waals surface area contributed by atoms with Crippen LogP contribution in [0, 0.1) is 5.82 Å². The van der Waals surface area contributed by atoms with Gasteiger partial charge in [-0.15, -0.1) is 0 Å². The first-order valence-electron chi connectivity index (χ1n) is 5.68. The van der Waals surface area contributed by atoms with Crippen LogP contribution < -0.4 is 10.1 Å². The van der Waals surface area contributed by atoms with Gasteiger partial charge in [-0.2, -0.15) is 0 Å². The second-order valence-electron chi connectivity index (χ2n) is 4.00. The average molecular weight is 277 g/mol. The summed E-state index contributed by atoms with van der Waals surface area (Å²) in [6.07, 6.45) is 0. The van der Waals surface area contributed by atoms with E-state index in [2.05, 4.69) is 5.32 Å². The highest BCUT2D eigenvalue weighted by atomic mass is 19.1. The van der Waals surface area contributed by atoms with E-state index in [4.69, 9.17) is 9.84 Å². The van der Waals surface area contributed by atoms with E-state index >= 15 is 0 Å². The van der Waals surface area contributed by atoms with Gasteiger partial charge in [0, 0.05) is 17.8 Å². The van der Waals surface area contributed by atoms with E-state index in [1.54, 1.807) is 0 Å². The number of rotatable bonds is 3. The zero-order valence-corrected chi connectivity index (χ0v) is 10.6. The molecule has 3 N–H and O–H groups in total. The first-order valence-corrected chi connectivity index (χ1v) is 5.68. The maximum absolute atomic E-state index is 13.1. The lowest BCUT2D eigenvalue weighted by Gasteiger charge is -2.08. The van der Waals surface area contributed by atoms with Crippen molar-refractivity contribution in [3.8, 4) is 17.2 Å². The first-order chi connectivity index (χ1) is 9.51. The largest absolute Gasteiger partial charge is 0.507 e. The van der Waals surface area contributed by atoms with Crippen molar-refractivity contribution in [2.45, 2.75) is 0 Å². The second kappa shape index (κ2) is 5.48. The lowest BCUT2D eigenvalue weighted by molar-refractivity contribution is 0.102. The standard InChI is InChI=1S/C14H12FNO4/c1-20-9-3-4-10(13(18)7-9)14(19)16-8-2-5-12(17)11(15)6-8/h2-7,17-18H,1H3,(H,16,19). The number of carbonyl (C=O) groups excluding carboxylic acids is 1. The fourth-order valence-electron chi connectivity index (χ4n) is 1.61. The van der Waals surface area contributed by atoms with E-state index in [9.17, 15) is 14.3 Å². The minimum absolute atomic E-state index is 0.0271. The van der Waals surface area contributed by atoms with E-state index in [0.717, 1.165) is 12.1 Å². The molecule has 0 saturated carbocycles. The smallest absolute Gasteiger partial charge is 0.259 e. The van der Waals surface area contributed by atoms with Crippen LogP contribution in [0.1, 0.15) is 10.4 Å². The summed E-state index contributed by atoms with van der Waals surface area (Å²) in [4.78, 5) is 11.9. The van der Waals surface area contributed by atoms with E-state index in [1.165, 1.54) is 31.4 Å². The Balaban J connectivity index is 2.21. The number of phenols is 2. The van der Waals surface area contributed by atoms with Gasteiger partial charge in [0.15, 0.2) is 11.6 Å². The third kappa shape index (κ3) is 2.80. The quantitative estimate of drug-likeness (QED) is 0.753. The molecule has 2 rings (SSSR count). The Labute approximate surface area is 114 Å². The molecule has 0 saturated heterocycles. The van der Waals surface area contributed by atoms with Crippen molar-refractivity contribution in [1.82, 2.24) is 0 Å². The van der Waals surface area contributed by atoms with Gasteiger partial charge in [-0.1, -0.05) is 0 Å². The summed E-state index contributed by atoms with van der Waals surface area (Å²) in [7, 11) is 1.44. The molecule has 0 unspecified atom stereocenters. The zero-order chi connectivity index (χ0) is 14.7. The van der Waals surface area contributed by atoms with Crippen LogP contribution >= 0.6 is 0 Å². The summed E-state index contributed by atoms with van der Waals surface area (Å²) in [5.74, 6) is -1.79. The lowest BCUT2D eigenvalue weighted by Crippen LogP contribution is -2.12. The van der Waals surface area contributed by atoms with Gasteiger partial charge >= 0.3 is 0 Å². The summed E-state index contributed by atoms with van der Waals surface area (Å²) in [6, 6.07) is 7.65. The number of nitrogens with one attached hydrogen (secondary N) is 1. The summed E-state index contributed by atoms with van der Waals surface area (Å²) in [6.45, 7) is 0. The van der Waals surface area contributed by atoms with Crippen LogP contribution in [0.4, 0.5) is 10.1 Å². The fourth-order valence-corrected chi connectivity index (χ4v) is 1.61. The first kappa shape index (κ1) is 13.7. The van der Waals surface area contributed by atoms with Crippen LogP contribution in [0.15, 0.2) is 36.4 Å². The van der Waals surface area contributed by atoms with Crippen LogP contribution in [0.3, 0.4) is 0 Å². The van der Waals surface area contributed by atoms with Crippen molar-refractivity contribution in [3.63, 3.8) is 0 Å². The number of ether oxygens (including phenoxy) is 1. The summed E-state index contributed by atoms with van der Waals surface area (Å²) in [5, 5.41) is 21.2. The van der Waals surface area contributed by atoms with Crippen molar-refractivity contribution in [2.24, 2.45) is 0 Å². The third-order valence-electron chi connectivity index (χ3n) is 2.66. The minimum Gasteiger partial charge on any atom is -0.507 e. The Kier molecular flexibility index (Phi) is 3.74. The van der Waals surface area contributed by atoms with Crippen molar-refractivity contribution < 1.29 is 24.1 Å². The van der Waals surface area contributed by atoms with Crippen molar-refractivity contribution in [1.29, 1.82) is 0 Å². The molecular weight excluding hydrogens is 265 g/mol. The molecule has 104 valence electrons. The number of halogens is 1. The average Bonchev–Trinajstić information content (AvgIpc) is 2.42. The molecule has 0 bridgehead atoms. The molecule has 0 aliphatic heterocycles. The number of hydrogen-bond acceptors (Lipinski definition) is 4. The molecule has 0 atom stereocenters. The Morgan fingerprint density at radius 1 is 1.15 bits per heavy atom. The Morgan fingerprint density at radius 3 is 2.50 bits per heavy atom. The monoisotopic (exact) mass is 277 g/mol. The van der Waals surface area contributed by atoms with Gasteiger partial charge in [0.05, 0.1) is 12.7 Å². The molecule has 0 spiro atoms. The Bertz CT molecular complexity index is 658. The number of carbonyl (C=O) groups is 1. The third-order valence-corrected chi connectivity index (χ3v) is 2.66. The van der Waals surface area contributed by atoms with Crippen LogP contribution in [-0.4, -0.2) is 23.2 Å². The number of phenolic OH excluding ortho intramolecular Hbond substituents is 2. The number of aromatic hydroxyl groups is 2. The molecule has 0 heterocycles. The van der Waals surface area contributed by atoms with Crippen LogP contribution in [0.25, 0.3) is 0 Å². The highest BCUT2D eigenvalue weighted by molar-refractivity contribution is 6.06. The molecule has 0 fully saturated rings. The predicted octanol–water partition coefficient (Wildman–Crippen LogP) is 2.50. The topological polar surface area (TPSA) is 78.8 Å². The molecule has 1 amide bonds. The van der Waals surface area contributed by atoms with E-state index in [1.807, 2.05) is 0 Å². The minimum atomic E-state index is -0.846. The number of methoxy groups -OCH3 is 1. The van der Waals surface area contributed by atoms with E-state index in [0.29, 0.717) is 5.75 Å². The van der Waals surface area contributed by atoms with Gasteiger partial charge < -0.3 is 20.3 Å². The van der Waals surface area contributed by atoms with Crippen LogP contribution in [0.2, 0.25) is 0 Å². The molecule has 0 radical (unpaired) electrons. The van der Waals surface area contributed by atoms with Gasteiger partial charge in [-0.05, 0) is 24.3 Å². The molecule has 6 heteroatoms. The maximum atomic E-state index is 13.1. The van der Waals surface area contributed by atoms with Gasteiger partial charge in [-0.25, -0.2) is 4.39 Å². The van der Waals surface area contributed by atoms with Crippen molar-refractivity contribution in [2.75, 3.05) is 12.4 Å². The second-order valence-corrected chi connectivity index (χ2v) is 4.00. The van der Waals surface area contributed by atoms with E-state index in [-0.39, 0.29) is 17.0 Å². The molecule has 5 nitrogen and oxygen atoms in total. The Morgan fingerprint density at radius 2 is 1.90 bits per heavy atom. The van der Waals surface area contributed by atoms with Crippen LogP contribution in [0.5, 0.6) is 17.2 Å². The van der Waals surface area contributed by atoms with Gasteiger partial charge in [0.1, 0.15) is 11.5 Å². The van der Waals surface area contributed by atoms with Crippen molar-refractivity contribution in [3.05, 3.63) is 47.8 Å².